The lowest BCUT2D eigenvalue weighted by atomic mass is 10.1. The van der Waals surface area contributed by atoms with Gasteiger partial charge in [0.15, 0.2) is 5.76 Å². The van der Waals surface area contributed by atoms with Crippen molar-refractivity contribution in [2.75, 3.05) is 5.32 Å². The van der Waals surface area contributed by atoms with Crippen LogP contribution in [0.2, 0.25) is 0 Å². The van der Waals surface area contributed by atoms with E-state index in [1.807, 2.05) is 19.2 Å². The Kier molecular flexibility index (Phi) is 3.13. The van der Waals surface area contributed by atoms with Gasteiger partial charge in [0, 0.05) is 24.2 Å². The second-order valence-corrected chi connectivity index (χ2v) is 6.23. The first kappa shape index (κ1) is 12.8. The zero-order valence-electron chi connectivity index (χ0n) is 12.3. The van der Waals surface area contributed by atoms with Gasteiger partial charge in [0.1, 0.15) is 0 Å². The van der Waals surface area contributed by atoms with Crippen molar-refractivity contribution >= 4 is 5.95 Å². The molecule has 2 aliphatic carbocycles. The molecular formula is C16H20N4O. The number of anilines is 1. The Morgan fingerprint density at radius 2 is 2.00 bits per heavy atom. The van der Waals surface area contributed by atoms with Crippen molar-refractivity contribution in [2.45, 2.75) is 57.4 Å². The maximum atomic E-state index is 5.39. The Bertz CT molecular complexity index is 641. The fourth-order valence-corrected chi connectivity index (χ4v) is 3.07. The summed E-state index contributed by atoms with van der Waals surface area (Å²) in [6.07, 6.45) is 9.37. The third-order valence-corrected chi connectivity index (χ3v) is 4.36. The van der Waals surface area contributed by atoms with E-state index in [0.717, 1.165) is 28.7 Å². The Labute approximate surface area is 124 Å². The van der Waals surface area contributed by atoms with Gasteiger partial charge in [-0.1, -0.05) is 18.0 Å². The van der Waals surface area contributed by atoms with E-state index in [2.05, 4.69) is 15.5 Å². The molecular weight excluding hydrogens is 264 g/mol. The Balaban J connectivity index is 1.64. The molecule has 2 aromatic rings. The largest absolute Gasteiger partial charge is 0.356 e. The zero-order valence-corrected chi connectivity index (χ0v) is 12.3. The average Bonchev–Trinajstić information content (AvgIpc) is 3.05. The molecule has 2 heterocycles. The summed E-state index contributed by atoms with van der Waals surface area (Å²) in [5, 5.41) is 7.45. The summed E-state index contributed by atoms with van der Waals surface area (Å²) in [4.78, 5) is 9.26. The predicted octanol–water partition coefficient (Wildman–Crippen LogP) is 3.67. The van der Waals surface area contributed by atoms with E-state index in [9.17, 15) is 0 Å². The highest BCUT2D eigenvalue weighted by Gasteiger charge is 2.30. The molecule has 0 atom stereocenters. The highest BCUT2D eigenvalue weighted by molar-refractivity contribution is 5.62. The summed E-state index contributed by atoms with van der Waals surface area (Å²) < 4.78 is 5.39. The lowest BCUT2D eigenvalue weighted by molar-refractivity contribution is 0.426. The van der Waals surface area contributed by atoms with Crippen LogP contribution in [-0.4, -0.2) is 21.2 Å². The van der Waals surface area contributed by atoms with Crippen molar-refractivity contribution in [3.63, 3.8) is 0 Å². The first-order valence-electron chi connectivity index (χ1n) is 7.87. The van der Waals surface area contributed by atoms with Gasteiger partial charge in [0.05, 0.1) is 17.0 Å². The van der Waals surface area contributed by atoms with Crippen molar-refractivity contribution in [2.24, 2.45) is 0 Å². The molecule has 0 radical (unpaired) electrons. The molecule has 1 N–H and O–H groups in total. The van der Waals surface area contributed by atoms with E-state index in [-0.39, 0.29) is 0 Å². The average molecular weight is 284 g/mol. The number of hydrogen-bond donors (Lipinski definition) is 1. The Hall–Kier alpha value is -1.91. The summed E-state index contributed by atoms with van der Waals surface area (Å²) in [6.45, 7) is 1.93. The van der Waals surface area contributed by atoms with Crippen LogP contribution in [-0.2, 0) is 0 Å². The highest BCUT2D eigenvalue weighted by Crippen LogP contribution is 2.43. The van der Waals surface area contributed by atoms with E-state index in [1.165, 1.54) is 38.5 Å². The number of nitrogens with zero attached hydrogens (tertiary/aromatic N) is 3. The molecule has 2 aliphatic rings. The van der Waals surface area contributed by atoms with Crippen LogP contribution in [0.1, 0.15) is 55.8 Å². The van der Waals surface area contributed by atoms with Gasteiger partial charge >= 0.3 is 0 Å². The van der Waals surface area contributed by atoms with E-state index >= 15 is 0 Å². The molecule has 5 nitrogen and oxygen atoms in total. The van der Waals surface area contributed by atoms with Gasteiger partial charge in [0.25, 0.3) is 0 Å². The molecule has 2 aromatic heterocycles. The van der Waals surface area contributed by atoms with E-state index in [4.69, 9.17) is 9.51 Å². The van der Waals surface area contributed by atoms with Gasteiger partial charge in [-0.2, -0.15) is 0 Å². The molecule has 0 aliphatic heterocycles. The minimum Gasteiger partial charge on any atom is -0.356 e. The van der Waals surface area contributed by atoms with Crippen LogP contribution in [0.25, 0.3) is 11.3 Å². The number of aromatic nitrogens is 3. The van der Waals surface area contributed by atoms with Gasteiger partial charge in [-0.15, -0.1) is 0 Å². The van der Waals surface area contributed by atoms with Crippen molar-refractivity contribution in [3.05, 3.63) is 23.7 Å². The van der Waals surface area contributed by atoms with Crippen LogP contribution in [0.3, 0.4) is 0 Å². The molecule has 0 spiro atoms. The SMILES string of the molecule is Cc1cc(-c2cnc(NC3CCCC3)nc2C2CC2)on1. The standard InChI is InChI=1S/C16H20N4O/c1-10-8-14(21-20-10)13-9-17-16(18-12-4-2-3-5-12)19-15(13)11-6-7-11/h8-9,11-12H,2-7H2,1H3,(H,17,18,19). The maximum absolute atomic E-state index is 5.39. The fraction of sp³-hybridized carbons (Fsp3) is 0.562. The molecule has 5 heteroatoms. The van der Waals surface area contributed by atoms with Gasteiger partial charge < -0.3 is 9.84 Å². The monoisotopic (exact) mass is 284 g/mol. The topological polar surface area (TPSA) is 63.8 Å². The van der Waals surface area contributed by atoms with E-state index in [0.29, 0.717) is 12.0 Å². The van der Waals surface area contributed by atoms with Crippen molar-refractivity contribution in [1.82, 2.24) is 15.1 Å². The van der Waals surface area contributed by atoms with Crippen LogP contribution >= 0.6 is 0 Å². The summed E-state index contributed by atoms with van der Waals surface area (Å²) in [6, 6.07) is 2.49. The minimum atomic E-state index is 0.537. The third kappa shape index (κ3) is 2.64. The van der Waals surface area contributed by atoms with Crippen molar-refractivity contribution in [1.29, 1.82) is 0 Å². The second kappa shape index (κ2) is 5.13. The molecule has 0 amide bonds. The molecule has 4 rings (SSSR count). The minimum absolute atomic E-state index is 0.537. The highest BCUT2D eigenvalue weighted by atomic mass is 16.5. The molecule has 0 aromatic carbocycles. The van der Waals surface area contributed by atoms with Gasteiger partial charge in [-0.25, -0.2) is 9.97 Å². The molecule has 0 bridgehead atoms. The molecule has 21 heavy (non-hydrogen) atoms. The van der Waals surface area contributed by atoms with Gasteiger partial charge in [0.2, 0.25) is 5.95 Å². The zero-order chi connectivity index (χ0) is 14.2. The predicted molar refractivity (Wildman–Crippen MR) is 80.1 cm³/mol. The van der Waals surface area contributed by atoms with Gasteiger partial charge in [-0.05, 0) is 32.6 Å². The van der Waals surface area contributed by atoms with Gasteiger partial charge in [-0.3, -0.25) is 0 Å². The Morgan fingerprint density at radius 3 is 2.67 bits per heavy atom. The molecule has 0 saturated heterocycles. The number of aryl methyl sites for hydroxylation is 1. The van der Waals surface area contributed by atoms with Crippen molar-refractivity contribution < 1.29 is 4.52 Å². The fourth-order valence-electron chi connectivity index (χ4n) is 3.07. The van der Waals surface area contributed by atoms with E-state index in [1.54, 1.807) is 0 Å². The van der Waals surface area contributed by atoms with Crippen LogP contribution in [0.15, 0.2) is 16.8 Å². The maximum Gasteiger partial charge on any atom is 0.223 e. The number of rotatable bonds is 4. The summed E-state index contributed by atoms with van der Waals surface area (Å²) >= 11 is 0. The first-order valence-corrected chi connectivity index (χ1v) is 7.87. The lowest BCUT2D eigenvalue weighted by Gasteiger charge is -2.13. The van der Waals surface area contributed by atoms with Crippen LogP contribution in [0.5, 0.6) is 0 Å². The number of hydrogen-bond acceptors (Lipinski definition) is 5. The van der Waals surface area contributed by atoms with Crippen LogP contribution in [0.4, 0.5) is 5.95 Å². The Morgan fingerprint density at radius 1 is 1.19 bits per heavy atom. The second-order valence-electron chi connectivity index (χ2n) is 6.23. The summed E-state index contributed by atoms with van der Waals surface area (Å²) in [5.74, 6) is 2.10. The quantitative estimate of drug-likeness (QED) is 0.928. The molecule has 2 saturated carbocycles. The van der Waals surface area contributed by atoms with Crippen LogP contribution in [0, 0.1) is 6.92 Å². The molecule has 0 unspecified atom stereocenters. The first-order chi connectivity index (χ1) is 10.3. The summed E-state index contributed by atoms with van der Waals surface area (Å²) in [7, 11) is 0. The van der Waals surface area contributed by atoms with E-state index < -0.39 is 0 Å². The molecule has 2 fully saturated rings. The molecule has 110 valence electrons. The smallest absolute Gasteiger partial charge is 0.223 e. The third-order valence-electron chi connectivity index (χ3n) is 4.36. The van der Waals surface area contributed by atoms with Crippen LogP contribution < -0.4 is 5.32 Å². The van der Waals surface area contributed by atoms with Crippen molar-refractivity contribution in [3.8, 4) is 11.3 Å². The lowest BCUT2D eigenvalue weighted by Crippen LogP contribution is -2.17. The normalized spacial score (nSPS) is 19.1. The number of nitrogens with one attached hydrogen (secondary N) is 1. The summed E-state index contributed by atoms with van der Waals surface area (Å²) in [5.41, 5.74) is 3.00.